The van der Waals surface area contributed by atoms with Gasteiger partial charge in [-0.15, -0.1) is 11.3 Å². The predicted octanol–water partition coefficient (Wildman–Crippen LogP) is 1.90. The number of hydrogen-bond acceptors (Lipinski definition) is 6. The maximum Gasteiger partial charge on any atom is 0.262 e. The molecule has 2 aromatic rings. The van der Waals surface area contributed by atoms with Gasteiger partial charge in [-0.05, 0) is 25.1 Å². The van der Waals surface area contributed by atoms with Crippen molar-refractivity contribution in [3.05, 3.63) is 23.6 Å². The Kier molecular flexibility index (Phi) is 3.75. The highest BCUT2D eigenvalue weighted by Crippen LogP contribution is 2.33. The zero-order valence-electron chi connectivity index (χ0n) is 11.6. The van der Waals surface area contributed by atoms with E-state index in [-0.39, 0.29) is 18.3 Å². The number of carbonyl (C=O) groups is 1. The Morgan fingerprint density at radius 3 is 3.05 bits per heavy atom. The van der Waals surface area contributed by atoms with Crippen LogP contribution in [0.2, 0.25) is 0 Å². The number of fused-ring (bicyclic) bond motifs is 1. The van der Waals surface area contributed by atoms with E-state index in [1.807, 2.05) is 6.07 Å². The number of rotatable bonds is 4. The van der Waals surface area contributed by atoms with E-state index in [0.29, 0.717) is 22.3 Å². The summed E-state index contributed by atoms with van der Waals surface area (Å²) >= 11 is 1.20. The van der Waals surface area contributed by atoms with E-state index in [4.69, 9.17) is 4.74 Å². The summed E-state index contributed by atoms with van der Waals surface area (Å²) in [5.41, 5.74) is 1.97. The number of anilines is 2. The van der Waals surface area contributed by atoms with Crippen LogP contribution in [0.5, 0.6) is 5.75 Å². The third kappa shape index (κ3) is 3.04. The van der Waals surface area contributed by atoms with E-state index >= 15 is 0 Å². The average molecular weight is 339 g/mol. The molecule has 3 rings (SSSR count). The highest BCUT2D eigenvalue weighted by atomic mass is 32.2. The molecule has 9 heteroatoms. The molecule has 7 nitrogen and oxygen atoms in total. The smallest absolute Gasteiger partial charge is 0.262 e. The molecule has 2 heterocycles. The number of carbonyl (C=O) groups excluding carboxylic acids is 1. The lowest BCUT2D eigenvalue weighted by Crippen LogP contribution is -2.25. The molecular formula is C13H13N3O4S2. The Bertz CT molecular complexity index is 830. The molecule has 1 aromatic carbocycles. The van der Waals surface area contributed by atoms with Crippen LogP contribution in [0, 0.1) is 0 Å². The van der Waals surface area contributed by atoms with Gasteiger partial charge in [-0.2, -0.15) is 0 Å². The van der Waals surface area contributed by atoms with Crippen LogP contribution in [0.25, 0.3) is 11.3 Å². The summed E-state index contributed by atoms with van der Waals surface area (Å²) in [7, 11) is -3.34. The molecular weight excluding hydrogens is 326 g/mol. The summed E-state index contributed by atoms with van der Waals surface area (Å²) < 4.78 is 30.8. The third-order valence-corrected chi connectivity index (χ3v) is 5.19. The van der Waals surface area contributed by atoms with E-state index in [0.717, 1.165) is 5.56 Å². The first kappa shape index (κ1) is 14.8. The summed E-state index contributed by atoms with van der Waals surface area (Å²) in [5, 5.41) is 4.79. The van der Waals surface area contributed by atoms with Gasteiger partial charge in [-0.25, -0.2) is 13.4 Å². The summed E-state index contributed by atoms with van der Waals surface area (Å²) in [5.74, 6) is 0.384. The molecule has 22 heavy (non-hydrogen) atoms. The molecule has 0 bridgehead atoms. The van der Waals surface area contributed by atoms with Gasteiger partial charge in [-0.1, -0.05) is 0 Å². The standard InChI is InChI=1S/C13H13N3O4S2/c1-2-22(18,19)16-13-15-10(7-21-13)8-3-4-11-9(5-8)14-12(17)6-20-11/h3-5,7H,2,6H2,1H3,(H,14,17)(H,15,16). The number of benzene rings is 1. The lowest BCUT2D eigenvalue weighted by atomic mass is 10.1. The second kappa shape index (κ2) is 5.58. The van der Waals surface area contributed by atoms with Crippen LogP contribution in [0.15, 0.2) is 23.6 Å². The van der Waals surface area contributed by atoms with Gasteiger partial charge in [0.15, 0.2) is 11.7 Å². The first-order valence-electron chi connectivity index (χ1n) is 6.50. The van der Waals surface area contributed by atoms with Gasteiger partial charge < -0.3 is 10.1 Å². The number of aromatic nitrogens is 1. The Hall–Kier alpha value is -2.13. The number of thiazole rings is 1. The van der Waals surface area contributed by atoms with E-state index in [1.54, 1.807) is 24.4 Å². The van der Waals surface area contributed by atoms with Gasteiger partial charge in [-0.3, -0.25) is 9.52 Å². The van der Waals surface area contributed by atoms with Crippen molar-refractivity contribution in [2.45, 2.75) is 6.92 Å². The molecule has 0 saturated carbocycles. The maximum atomic E-state index is 11.5. The molecule has 116 valence electrons. The van der Waals surface area contributed by atoms with Gasteiger partial charge in [0.25, 0.3) is 5.91 Å². The largest absolute Gasteiger partial charge is 0.482 e. The van der Waals surface area contributed by atoms with Gasteiger partial charge >= 0.3 is 0 Å². The van der Waals surface area contributed by atoms with E-state index in [9.17, 15) is 13.2 Å². The van der Waals surface area contributed by atoms with E-state index in [2.05, 4.69) is 15.0 Å². The van der Waals surface area contributed by atoms with Crippen molar-refractivity contribution in [1.82, 2.24) is 4.98 Å². The monoisotopic (exact) mass is 339 g/mol. The molecule has 0 fully saturated rings. The zero-order valence-corrected chi connectivity index (χ0v) is 13.3. The van der Waals surface area contributed by atoms with Gasteiger partial charge in [0.1, 0.15) is 5.75 Å². The lowest BCUT2D eigenvalue weighted by Gasteiger charge is -2.18. The van der Waals surface area contributed by atoms with Gasteiger partial charge in [0.2, 0.25) is 10.0 Å². The van der Waals surface area contributed by atoms with Crippen molar-refractivity contribution in [3.63, 3.8) is 0 Å². The van der Waals surface area contributed by atoms with E-state index < -0.39 is 10.0 Å². The second-order valence-electron chi connectivity index (χ2n) is 4.59. The van der Waals surface area contributed by atoms with Crippen LogP contribution >= 0.6 is 11.3 Å². The molecule has 1 aliphatic heterocycles. The Balaban J connectivity index is 1.88. The normalized spacial score (nSPS) is 14.0. The first-order valence-corrected chi connectivity index (χ1v) is 9.03. The van der Waals surface area contributed by atoms with Crippen molar-refractivity contribution in [1.29, 1.82) is 0 Å². The predicted molar refractivity (Wildman–Crippen MR) is 84.8 cm³/mol. The first-order chi connectivity index (χ1) is 10.5. The van der Waals surface area contributed by atoms with Gasteiger partial charge in [0, 0.05) is 10.9 Å². The van der Waals surface area contributed by atoms with Crippen LogP contribution in [0.3, 0.4) is 0 Å². The minimum atomic E-state index is -3.34. The number of sulfonamides is 1. The lowest BCUT2D eigenvalue weighted by molar-refractivity contribution is -0.118. The molecule has 2 N–H and O–H groups in total. The van der Waals surface area contributed by atoms with Crippen LogP contribution in [-0.4, -0.2) is 31.7 Å². The van der Waals surface area contributed by atoms with Crippen LogP contribution in [0.1, 0.15) is 6.92 Å². The van der Waals surface area contributed by atoms with Crippen molar-refractivity contribution < 1.29 is 17.9 Å². The minimum Gasteiger partial charge on any atom is -0.482 e. The highest BCUT2D eigenvalue weighted by molar-refractivity contribution is 7.92. The second-order valence-corrected chi connectivity index (χ2v) is 7.46. The number of amides is 1. The van der Waals surface area contributed by atoms with E-state index in [1.165, 1.54) is 11.3 Å². The average Bonchev–Trinajstić information content (AvgIpc) is 2.94. The fourth-order valence-electron chi connectivity index (χ4n) is 1.90. The molecule has 0 saturated heterocycles. The van der Waals surface area contributed by atoms with Crippen LogP contribution in [0.4, 0.5) is 10.8 Å². The SMILES string of the molecule is CCS(=O)(=O)Nc1nc(-c2ccc3c(c2)NC(=O)CO3)cs1. The Labute approximate surface area is 131 Å². The summed E-state index contributed by atoms with van der Waals surface area (Å²) in [4.78, 5) is 15.6. The quantitative estimate of drug-likeness (QED) is 0.887. The van der Waals surface area contributed by atoms with Crippen molar-refractivity contribution in [2.75, 3.05) is 22.4 Å². The molecule has 1 aliphatic rings. The fraction of sp³-hybridized carbons (Fsp3) is 0.231. The molecule has 0 unspecified atom stereocenters. The topological polar surface area (TPSA) is 97.4 Å². The highest BCUT2D eigenvalue weighted by Gasteiger charge is 2.17. The summed E-state index contributed by atoms with van der Waals surface area (Å²) in [6, 6.07) is 5.31. The van der Waals surface area contributed by atoms with Crippen molar-refractivity contribution in [3.8, 4) is 17.0 Å². The summed E-state index contributed by atoms with van der Waals surface area (Å²) in [6.07, 6.45) is 0. The number of nitrogens with one attached hydrogen (secondary N) is 2. The molecule has 1 amide bonds. The fourth-order valence-corrected chi connectivity index (χ4v) is 3.49. The third-order valence-electron chi connectivity index (χ3n) is 3.04. The van der Waals surface area contributed by atoms with Crippen LogP contribution in [-0.2, 0) is 14.8 Å². The Morgan fingerprint density at radius 1 is 1.45 bits per heavy atom. The molecule has 0 atom stereocenters. The van der Waals surface area contributed by atoms with Crippen LogP contribution < -0.4 is 14.8 Å². The molecule has 0 spiro atoms. The number of hydrogen-bond donors (Lipinski definition) is 2. The summed E-state index contributed by atoms with van der Waals surface area (Å²) in [6.45, 7) is 1.56. The Morgan fingerprint density at radius 2 is 2.27 bits per heavy atom. The van der Waals surface area contributed by atoms with Crippen molar-refractivity contribution >= 4 is 38.1 Å². The minimum absolute atomic E-state index is 0.00595. The molecule has 1 aromatic heterocycles. The number of nitrogens with zero attached hydrogens (tertiary/aromatic N) is 1. The molecule has 0 radical (unpaired) electrons. The van der Waals surface area contributed by atoms with Gasteiger partial charge in [0.05, 0.1) is 17.1 Å². The van der Waals surface area contributed by atoms with Crippen molar-refractivity contribution in [2.24, 2.45) is 0 Å². The molecule has 0 aliphatic carbocycles. The number of ether oxygens (including phenoxy) is 1. The maximum absolute atomic E-state index is 11.5. The zero-order chi connectivity index (χ0) is 15.7.